The van der Waals surface area contributed by atoms with Crippen LogP contribution in [0.2, 0.25) is 0 Å². The first-order chi connectivity index (χ1) is 11.9. The van der Waals surface area contributed by atoms with Crippen LogP contribution >= 0.6 is 11.3 Å². The molecule has 0 saturated heterocycles. The van der Waals surface area contributed by atoms with Gasteiger partial charge in [-0.2, -0.15) is 5.10 Å². The van der Waals surface area contributed by atoms with E-state index in [1.807, 2.05) is 30.7 Å². The second kappa shape index (κ2) is 6.03. The Morgan fingerprint density at radius 2 is 2.16 bits per heavy atom. The second-order valence-electron chi connectivity index (χ2n) is 6.22. The summed E-state index contributed by atoms with van der Waals surface area (Å²) >= 11 is 1.65. The highest BCUT2D eigenvalue weighted by molar-refractivity contribution is 7.94. The molecule has 0 unspecified atom stereocenters. The molecule has 0 radical (unpaired) electrons. The minimum atomic E-state index is -3.06. The van der Waals surface area contributed by atoms with Crippen LogP contribution in [0.5, 0.6) is 0 Å². The largest absolute Gasteiger partial charge is 0.242 e. The van der Waals surface area contributed by atoms with Gasteiger partial charge < -0.3 is 0 Å². The molecule has 6 nitrogen and oxygen atoms in total. The van der Waals surface area contributed by atoms with Crippen LogP contribution in [0.15, 0.2) is 29.7 Å². The fraction of sp³-hybridized carbons (Fsp3) is 0.353. The highest BCUT2D eigenvalue weighted by Gasteiger charge is 2.24. The number of hydrogen-bond donors (Lipinski definition) is 0. The van der Waals surface area contributed by atoms with Gasteiger partial charge in [-0.3, -0.25) is 0 Å². The summed E-state index contributed by atoms with van der Waals surface area (Å²) in [7, 11) is -3.06. The minimum absolute atomic E-state index is 0.0490. The van der Waals surface area contributed by atoms with Gasteiger partial charge in [0.15, 0.2) is 15.7 Å². The Bertz CT molecular complexity index is 1080. The van der Waals surface area contributed by atoms with Crippen molar-refractivity contribution in [1.82, 2.24) is 19.7 Å². The van der Waals surface area contributed by atoms with Gasteiger partial charge in [0, 0.05) is 18.2 Å². The van der Waals surface area contributed by atoms with E-state index in [0.29, 0.717) is 6.42 Å². The topological polar surface area (TPSA) is 77.7 Å². The molecule has 0 spiro atoms. The van der Waals surface area contributed by atoms with Crippen LogP contribution < -0.4 is 0 Å². The Morgan fingerprint density at radius 3 is 2.88 bits per heavy atom. The maximum absolute atomic E-state index is 11.7. The molecular formula is C17H18N4O2S2. The summed E-state index contributed by atoms with van der Waals surface area (Å²) in [6.07, 6.45) is 3.05. The Hall–Kier alpha value is -2.06. The Morgan fingerprint density at radius 1 is 1.32 bits per heavy atom. The van der Waals surface area contributed by atoms with Crippen molar-refractivity contribution in [3.05, 3.63) is 46.3 Å². The Balaban J connectivity index is 1.72. The van der Waals surface area contributed by atoms with Gasteiger partial charge in [0.05, 0.1) is 26.7 Å². The maximum Gasteiger partial charge on any atom is 0.171 e. The lowest BCUT2D eigenvalue weighted by Gasteiger charge is -2.09. The fourth-order valence-electron chi connectivity index (χ4n) is 3.04. The number of sulfone groups is 1. The quantitative estimate of drug-likeness (QED) is 0.702. The van der Waals surface area contributed by atoms with Gasteiger partial charge in [-0.25, -0.2) is 23.1 Å². The molecule has 0 amide bonds. The standard InChI is InChI=1S/C17H18N4O2S2/c1-3-16-19-17(8-12-6-7-25(22,23)10-12)21(20-16)13-4-5-14-15(9-13)24-11(2)18-14/h4-7,9,12H,3,8,10H2,1-2H3/t12-/m1/s1. The van der Waals surface area contributed by atoms with E-state index in [0.717, 1.165) is 39.0 Å². The van der Waals surface area contributed by atoms with Crippen LogP contribution in [0.25, 0.3) is 15.9 Å². The number of fused-ring (bicyclic) bond motifs is 1. The fourth-order valence-corrected chi connectivity index (χ4v) is 5.30. The normalized spacial score (nSPS) is 19.0. The molecule has 4 rings (SSSR count). The number of benzene rings is 1. The molecule has 1 aromatic carbocycles. The van der Waals surface area contributed by atoms with Gasteiger partial charge >= 0.3 is 0 Å². The lowest BCUT2D eigenvalue weighted by Crippen LogP contribution is -2.12. The van der Waals surface area contributed by atoms with Gasteiger partial charge in [0.25, 0.3) is 0 Å². The molecule has 0 N–H and O–H groups in total. The van der Waals surface area contributed by atoms with Crippen molar-refractivity contribution in [2.45, 2.75) is 26.7 Å². The molecule has 25 heavy (non-hydrogen) atoms. The van der Waals surface area contributed by atoms with Gasteiger partial charge in [-0.1, -0.05) is 13.0 Å². The monoisotopic (exact) mass is 374 g/mol. The van der Waals surface area contributed by atoms with Crippen LogP contribution in [0, 0.1) is 12.8 Å². The average molecular weight is 374 g/mol. The van der Waals surface area contributed by atoms with E-state index in [1.165, 1.54) is 5.41 Å². The van der Waals surface area contributed by atoms with Crippen LogP contribution in [0.4, 0.5) is 0 Å². The number of aromatic nitrogens is 4. The lowest BCUT2D eigenvalue weighted by molar-refractivity contribution is 0.593. The highest BCUT2D eigenvalue weighted by atomic mass is 32.2. The van der Waals surface area contributed by atoms with Gasteiger partial charge in [0.1, 0.15) is 5.82 Å². The average Bonchev–Trinajstić information content (AvgIpc) is 3.22. The first-order valence-corrected chi connectivity index (χ1v) is 10.7. The van der Waals surface area contributed by atoms with Crippen molar-refractivity contribution >= 4 is 31.4 Å². The highest BCUT2D eigenvalue weighted by Crippen LogP contribution is 2.26. The molecule has 0 bridgehead atoms. The van der Waals surface area contributed by atoms with Gasteiger partial charge in [-0.05, 0) is 31.0 Å². The van der Waals surface area contributed by atoms with Crippen LogP contribution in [-0.4, -0.2) is 33.9 Å². The van der Waals surface area contributed by atoms with E-state index in [9.17, 15) is 8.42 Å². The zero-order chi connectivity index (χ0) is 17.6. The molecular weight excluding hydrogens is 356 g/mol. The molecule has 1 aliphatic rings. The number of nitrogens with zero attached hydrogens (tertiary/aromatic N) is 4. The van der Waals surface area contributed by atoms with E-state index in [-0.39, 0.29) is 11.7 Å². The first-order valence-electron chi connectivity index (χ1n) is 8.17. The summed E-state index contributed by atoms with van der Waals surface area (Å²) in [5, 5.41) is 6.95. The molecule has 3 aromatic rings. The smallest absolute Gasteiger partial charge is 0.171 e. The molecule has 1 aliphatic heterocycles. The maximum atomic E-state index is 11.7. The van der Waals surface area contributed by atoms with Crippen LogP contribution in [-0.2, 0) is 22.7 Å². The van der Waals surface area contributed by atoms with Gasteiger partial charge in [-0.15, -0.1) is 11.3 Å². The Labute approximate surface area is 150 Å². The van der Waals surface area contributed by atoms with Crippen molar-refractivity contribution in [3.8, 4) is 5.69 Å². The zero-order valence-corrected chi connectivity index (χ0v) is 15.6. The SMILES string of the molecule is CCc1nc(C[C@H]2C=CS(=O)(=O)C2)n(-c2ccc3nc(C)sc3c2)n1. The minimum Gasteiger partial charge on any atom is -0.242 e. The predicted molar refractivity (Wildman–Crippen MR) is 98.8 cm³/mol. The van der Waals surface area contributed by atoms with Crippen LogP contribution in [0.1, 0.15) is 23.6 Å². The number of allylic oxidation sites excluding steroid dienone is 1. The van der Waals surface area contributed by atoms with E-state index >= 15 is 0 Å². The summed E-state index contributed by atoms with van der Waals surface area (Å²) in [4.78, 5) is 9.10. The summed E-state index contributed by atoms with van der Waals surface area (Å²) in [5.41, 5.74) is 1.91. The third kappa shape index (κ3) is 3.23. The summed E-state index contributed by atoms with van der Waals surface area (Å²) in [6, 6.07) is 6.05. The van der Waals surface area contributed by atoms with Gasteiger partial charge in [0.2, 0.25) is 0 Å². The molecule has 0 saturated carbocycles. The predicted octanol–water partition coefficient (Wildman–Crippen LogP) is 2.85. The first kappa shape index (κ1) is 16.4. The van der Waals surface area contributed by atoms with Crippen molar-refractivity contribution in [2.24, 2.45) is 5.92 Å². The lowest BCUT2D eigenvalue weighted by atomic mass is 10.1. The van der Waals surface area contributed by atoms with Crippen LogP contribution in [0.3, 0.4) is 0 Å². The van der Waals surface area contributed by atoms with Crippen molar-refractivity contribution in [2.75, 3.05) is 5.75 Å². The van der Waals surface area contributed by atoms with Crippen molar-refractivity contribution in [3.63, 3.8) is 0 Å². The number of thiazole rings is 1. The third-order valence-electron chi connectivity index (χ3n) is 4.21. The number of rotatable bonds is 4. The Kier molecular flexibility index (Phi) is 3.96. The van der Waals surface area contributed by atoms with E-state index in [4.69, 9.17) is 0 Å². The van der Waals surface area contributed by atoms with E-state index < -0.39 is 9.84 Å². The molecule has 0 fully saturated rings. The molecule has 3 heterocycles. The van der Waals surface area contributed by atoms with Crippen molar-refractivity contribution < 1.29 is 8.42 Å². The molecule has 0 aliphatic carbocycles. The van der Waals surface area contributed by atoms with E-state index in [1.54, 1.807) is 17.4 Å². The summed E-state index contributed by atoms with van der Waals surface area (Å²) in [5.74, 6) is 1.66. The molecule has 1 atom stereocenters. The molecule has 8 heteroatoms. The van der Waals surface area contributed by atoms with Crippen molar-refractivity contribution in [1.29, 1.82) is 0 Å². The number of hydrogen-bond acceptors (Lipinski definition) is 6. The number of aryl methyl sites for hydroxylation is 2. The summed E-state index contributed by atoms with van der Waals surface area (Å²) < 4.78 is 26.3. The second-order valence-corrected chi connectivity index (χ2v) is 9.38. The van der Waals surface area contributed by atoms with E-state index in [2.05, 4.69) is 21.1 Å². The molecule has 130 valence electrons. The summed E-state index contributed by atoms with van der Waals surface area (Å²) in [6.45, 7) is 4.01. The molecule has 2 aromatic heterocycles. The third-order valence-corrected chi connectivity index (χ3v) is 6.61. The zero-order valence-electron chi connectivity index (χ0n) is 14.0.